The van der Waals surface area contributed by atoms with E-state index in [-0.39, 0.29) is 12.2 Å². The molecule has 0 aliphatic heterocycles. The average Bonchev–Trinajstić information content (AvgIpc) is 2.03. The molecule has 0 saturated carbocycles. The van der Waals surface area contributed by atoms with Gasteiger partial charge >= 0.3 is 0 Å². The molecule has 1 N–H and O–H groups in total. The summed E-state index contributed by atoms with van der Waals surface area (Å²) in [6.07, 6.45) is 1.47. The minimum atomic E-state index is -0.195. The Bertz CT molecular complexity index is 308. The maximum absolute atomic E-state index is 11.1. The van der Waals surface area contributed by atoms with E-state index < -0.39 is 0 Å². The fourth-order valence-corrected chi connectivity index (χ4v) is 0.735. The molecule has 0 amide bonds. The third-order valence-corrected chi connectivity index (χ3v) is 1.33. The third-order valence-electron chi connectivity index (χ3n) is 1.33. The highest BCUT2D eigenvalue weighted by atomic mass is 17.2. The Hall–Kier alpha value is -1.20. The summed E-state index contributed by atoms with van der Waals surface area (Å²) in [7, 11) is 1.38. The van der Waals surface area contributed by atoms with Crippen LogP contribution in [0, 0.1) is 6.92 Å². The lowest BCUT2D eigenvalue weighted by atomic mass is 10.3. The van der Waals surface area contributed by atoms with Crippen LogP contribution in [-0.2, 0) is 16.4 Å². The molecular formula is C7H10N2O3. The summed E-state index contributed by atoms with van der Waals surface area (Å²) >= 11 is 0. The smallest absolute Gasteiger partial charge is 0.256 e. The Kier molecular flexibility index (Phi) is 2.95. The van der Waals surface area contributed by atoms with Crippen molar-refractivity contribution >= 4 is 0 Å². The van der Waals surface area contributed by atoms with Crippen molar-refractivity contribution in [2.45, 2.75) is 13.5 Å². The van der Waals surface area contributed by atoms with Crippen LogP contribution in [-0.4, -0.2) is 17.1 Å². The Morgan fingerprint density at radius 2 is 2.42 bits per heavy atom. The van der Waals surface area contributed by atoms with Crippen LogP contribution in [0.2, 0.25) is 0 Å². The maximum atomic E-state index is 11.1. The van der Waals surface area contributed by atoms with Crippen molar-refractivity contribution in [2.24, 2.45) is 0 Å². The van der Waals surface area contributed by atoms with Gasteiger partial charge in [-0.2, -0.15) is 0 Å². The van der Waals surface area contributed by atoms with Crippen LogP contribution in [0.25, 0.3) is 0 Å². The Labute approximate surface area is 69.3 Å². The van der Waals surface area contributed by atoms with E-state index in [0.717, 1.165) is 0 Å². The molecule has 1 heterocycles. The predicted octanol–water partition coefficient (Wildman–Crippen LogP) is 0.156. The monoisotopic (exact) mass is 170 g/mol. The van der Waals surface area contributed by atoms with Gasteiger partial charge in [0, 0.05) is 6.20 Å². The summed E-state index contributed by atoms with van der Waals surface area (Å²) in [5, 5.41) is 0. The Balaban J connectivity index is 2.80. The van der Waals surface area contributed by atoms with Crippen molar-refractivity contribution in [2.75, 3.05) is 7.11 Å². The van der Waals surface area contributed by atoms with Crippen LogP contribution in [0.5, 0.6) is 0 Å². The van der Waals surface area contributed by atoms with Crippen molar-refractivity contribution in [3.8, 4) is 0 Å². The molecule has 5 nitrogen and oxygen atoms in total. The van der Waals surface area contributed by atoms with Crippen LogP contribution < -0.4 is 5.56 Å². The van der Waals surface area contributed by atoms with Crippen molar-refractivity contribution < 1.29 is 9.78 Å². The van der Waals surface area contributed by atoms with Crippen molar-refractivity contribution in [1.29, 1.82) is 0 Å². The molecule has 66 valence electrons. The number of nitrogens with zero attached hydrogens (tertiary/aromatic N) is 1. The molecule has 0 spiro atoms. The summed E-state index contributed by atoms with van der Waals surface area (Å²) in [5.41, 5.74) is 0.252. The van der Waals surface area contributed by atoms with Gasteiger partial charge in [-0.1, -0.05) is 0 Å². The van der Waals surface area contributed by atoms with Gasteiger partial charge in [0.1, 0.15) is 12.4 Å². The first-order valence-electron chi connectivity index (χ1n) is 3.44. The van der Waals surface area contributed by atoms with E-state index in [1.165, 1.54) is 13.3 Å². The average molecular weight is 170 g/mol. The second-order valence-corrected chi connectivity index (χ2v) is 2.25. The number of hydrogen-bond donors (Lipinski definition) is 1. The summed E-state index contributed by atoms with van der Waals surface area (Å²) in [6, 6.07) is 0. The number of nitrogens with one attached hydrogen (secondary N) is 1. The first-order chi connectivity index (χ1) is 5.74. The standard InChI is InChI=1S/C7H10N2O3/c1-5-8-3-6(4-12-11-2)7(10)9-5/h3H,4H2,1-2H3,(H,8,9,10). The second kappa shape index (κ2) is 3.99. The number of aryl methyl sites for hydroxylation is 1. The van der Waals surface area contributed by atoms with Crippen LogP contribution in [0.3, 0.4) is 0 Å². The van der Waals surface area contributed by atoms with E-state index in [2.05, 4.69) is 19.7 Å². The minimum Gasteiger partial charge on any atom is -0.310 e. The fourth-order valence-electron chi connectivity index (χ4n) is 0.735. The van der Waals surface area contributed by atoms with Crippen molar-refractivity contribution in [3.63, 3.8) is 0 Å². The molecule has 0 radical (unpaired) electrons. The zero-order valence-corrected chi connectivity index (χ0v) is 6.96. The highest BCUT2D eigenvalue weighted by Gasteiger charge is 1.99. The van der Waals surface area contributed by atoms with Crippen molar-refractivity contribution in [3.05, 3.63) is 27.9 Å². The van der Waals surface area contributed by atoms with Crippen molar-refractivity contribution in [1.82, 2.24) is 9.97 Å². The Morgan fingerprint density at radius 3 is 3.00 bits per heavy atom. The molecule has 1 aromatic heterocycles. The van der Waals surface area contributed by atoms with E-state index in [1.54, 1.807) is 6.92 Å². The molecule has 0 aliphatic rings. The van der Waals surface area contributed by atoms with Gasteiger partial charge in [-0.05, 0) is 6.92 Å². The van der Waals surface area contributed by atoms with E-state index in [1.807, 2.05) is 0 Å². The zero-order chi connectivity index (χ0) is 8.97. The first-order valence-corrected chi connectivity index (χ1v) is 3.44. The fraction of sp³-hybridized carbons (Fsp3) is 0.429. The largest absolute Gasteiger partial charge is 0.310 e. The number of rotatable bonds is 3. The number of hydrogen-bond acceptors (Lipinski definition) is 4. The quantitative estimate of drug-likeness (QED) is 0.518. The summed E-state index contributed by atoms with van der Waals surface area (Å²) in [5.74, 6) is 0.584. The molecule has 0 saturated heterocycles. The third kappa shape index (κ3) is 2.14. The molecule has 0 bridgehead atoms. The Morgan fingerprint density at radius 1 is 1.67 bits per heavy atom. The molecule has 12 heavy (non-hydrogen) atoms. The van der Waals surface area contributed by atoms with Gasteiger partial charge in [0.2, 0.25) is 0 Å². The molecule has 0 atom stereocenters. The highest BCUT2D eigenvalue weighted by molar-refractivity contribution is 5.03. The van der Waals surface area contributed by atoms with Gasteiger partial charge in [0.15, 0.2) is 0 Å². The molecule has 0 unspecified atom stereocenters. The SMILES string of the molecule is COOCc1cnc(C)[nH]c1=O. The number of H-pyrrole nitrogens is 1. The highest BCUT2D eigenvalue weighted by Crippen LogP contribution is 1.91. The molecular weight excluding hydrogens is 160 g/mol. The molecule has 0 fully saturated rings. The summed E-state index contributed by atoms with van der Waals surface area (Å²) < 4.78 is 0. The van der Waals surface area contributed by atoms with Gasteiger partial charge in [-0.15, -0.1) is 0 Å². The van der Waals surface area contributed by atoms with Crippen LogP contribution >= 0.6 is 0 Å². The van der Waals surface area contributed by atoms with Gasteiger partial charge in [0.25, 0.3) is 5.56 Å². The van der Waals surface area contributed by atoms with Crippen LogP contribution in [0.1, 0.15) is 11.4 Å². The van der Waals surface area contributed by atoms with E-state index in [0.29, 0.717) is 11.4 Å². The second-order valence-electron chi connectivity index (χ2n) is 2.25. The van der Waals surface area contributed by atoms with E-state index in [9.17, 15) is 4.79 Å². The molecule has 5 heteroatoms. The first kappa shape index (κ1) is 8.89. The minimum absolute atomic E-state index is 0.110. The summed E-state index contributed by atoms with van der Waals surface area (Å²) in [6.45, 7) is 1.82. The lowest BCUT2D eigenvalue weighted by Gasteiger charge is -1.98. The molecule has 1 rings (SSSR count). The normalized spacial score (nSPS) is 10.2. The molecule has 0 aliphatic carbocycles. The van der Waals surface area contributed by atoms with Gasteiger partial charge in [-0.3, -0.25) is 4.79 Å². The molecule has 1 aromatic rings. The maximum Gasteiger partial charge on any atom is 0.256 e. The van der Waals surface area contributed by atoms with E-state index >= 15 is 0 Å². The lowest BCUT2D eigenvalue weighted by molar-refractivity contribution is -0.282. The molecule has 0 aromatic carbocycles. The zero-order valence-electron chi connectivity index (χ0n) is 6.96. The number of aromatic nitrogens is 2. The lowest BCUT2D eigenvalue weighted by Crippen LogP contribution is -2.15. The van der Waals surface area contributed by atoms with Gasteiger partial charge in [-0.25, -0.2) is 14.8 Å². The van der Waals surface area contributed by atoms with E-state index in [4.69, 9.17) is 0 Å². The van der Waals surface area contributed by atoms with Gasteiger partial charge in [0.05, 0.1) is 12.7 Å². The number of aromatic amines is 1. The topological polar surface area (TPSA) is 64.2 Å². The predicted molar refractivity (Wildman–Crippen MR) is 41.4 cm³/mol. The van der Waals surface area contributed by atoms with Crippen LogP contribution in [0.15, 0.2) is 11.0 Å². The van der Waals surface area contributed by atoms with Crippen LogP contribution in [0.4, 0.5) is 0 Å². The van der Waals surface area contributed by atoms with Gasteiger partial charge < -0.3 is 4.98 Å². The summed E-state index contributed by atoms with van der Waals surface area (Å²) in [4.78, 5) is 26.5.